The molecular weight excluding hydrogens is 140 g/mol. The number of hydrogen-bond donors (Lipinski definition) is 0. The monoisotopic (exact) mass is 146 g/mol. The Hall–Kier alpha value is 0.986. The third-order valence-electron chi connectivity index (χ3n) is 0.126. The van der Waals surface area contributed by atoms with Gasteiger partial charge in [0.05, 0.1) is 0 Å². The number of rotatable bonds is 0. The molecule has 0 atom stereocenters. The zero-order valence-corrected chi connectivity index (χ0v) is 6.24. The average Bonchev–Trinajstić information content (AvgIpc) is 1.37. The maximum Gasteiger partial charge on any atom is 2.00 e. The van der Waals surface area contributed by atoms with Crippen LogP contribution in [0.2, 0.25) is 0 Å². The Balaban J connectivity index is -0.0000000150. The number of allylic oxidation sites excluding steroid dienone is 1. The molecule has 0 aliphatic heterocycles. The van der Waals surface area contributed by atoms with E-state index in [2.05, 4.69) is 15.9 Å². The average molecular weight is 147 g/mol. The molecule has 5 heavy (non-hydrogen) atoms. The van der Waals surface area contributed by atoms with Crippen molar-refractivity contribution in [2.45, 2.75) is 6.92 Å². The topological polar surface area (TPSA) is 0 Å². The first-order valence-electron chi connectivity index (χ1n) is 1.13. The fraction of sp³-hybridized carbons (Fsp3) is 0.333. The van der Waals surface area contributed by atoms with E-state index in [-0.39, 0.29) is 25.9 Å². The molecule has 0 saturated heterocycles. The van der Waals surface area contributed by atoms with Crippen molar-refractivity contribution in [2.75, 3.05) is 0 Å². The molecule has 0 spiro atoms. The van der Waals surface area contributed by atoms with E-state index in [0.717, 1.165) is 0 Å². The van der Waals surface area contributed by atoms with E-state index in [1.54, 1.807) is 0 Å². The summed E-state index contributed by atoms with van der Waals surface area (Å²) in [6, 6.07) is 0. The van der Waals surface area contributed by atoms with E-state index in [1.165, 1.54) is 0 Å². The van der Waals surface area contributed by atoms with Gasteiger partial charge in [0, 0.05) is 0 Å². The van der Waals surface area contributed by atoms with Crippen molar-refractivity contribution >= 4 is 39.0 Å². The quantitative estimate of drug-likeness (QED) is 0.458. The van der Waals surface area contributed by atoms with E-state index >= 15 is 0 Å². The minimum Gasteiger partial charge on any atom is -1.00 e. The van der Waals surface area contributed by atoms with Gasteiger partial charge in [-0.05, 0) is 11.9 Å². The van der Waals surface area contributed by atoms with Gasteiger partial charge in [-0.1, -0.05) is 22.0 Å². The van der Waals surface area contributed by atoms with Gasteiger partial charge in [-0.25, -0.2) is 0 Å². The second-order valence-electron chi connectivity index (χ2n) is 0.459. The molecule has 0 radical (unpaired) electrons. The zero-order chi connectivity index (χ0) is 3.41. The first-order chi connectivity index (χ1) is 1.91. The summed E-state index contributed by atoms with van der Waals surface area (Å²) in [7, 11) is 0. The van der Waals surface area contributed by atoms with Crippen LogP contribution >= 0.6 is 15.9 Å². The van der Waals surface area contributed by atoms with Gasteiger partial charge in [0.2, 0.25) is 0 Å². The Morgan fingerprint density at radius 2 is 2.00 bits per heavy atom. The van der Waals surface area contributed by atoms with Crippen LogP contribution in [0.15, 0.2) is 11.1 Å². The molecule has 0 unspecified atom stereocenters. The van der Waals surface area contributed by atoms with Crippen LogP contribution in [0.3, 0.4) is 0 Å². The third-order valence-corrected chi connectivity index (χ3v) is 0.655. The molecule has 2 heteroatoms. The molecule has 0 fully saturated rings. The van der Waals surface area contributed by atoms with Crippen molar-refractivity contribution in [3.63, 3.8) is 0 Å². The molecule has 0 bridgehead atoms. The second kappa shape index (κ2) is 8.88. The van der Waals surface area contributed by atoms with Crippen molar-refractivity contribution in [3.8, 4) is 0 Å². The molecule has 0 heterocycles. The van der Waals surface area contributed by atoms with E-state index in [1.807, 2.05) is 18.0 Å². The summed E-state index contributed by atoms with van der Waals surface area (Å²) < 4.78 is 0. The van der Waals surface area contributed by atoms with Crippen LogP contribution < -0.4 is 0 Å². The van der Waals surface area contributed by atoms with Crippen LogP contribution in [0.1, 0.15) is 9.78 Å². The van der Waals surface area contributed by atoms with Crippen molar-refractivity contribution in [3.05, 3.63) is 11.1 Å². The summed E-state index contributed by atoms with van der Waals surface area (Å²) in [6.45, 7) is 1.95. The molecule has 0 rings (SSSR count). The van der Waals surface area contributed by atoms with Gasteiger partial charge in [0.25, 0.3) is 0 Å². The zero-order valence-electron chi connectivity index (χ0n) is 5.24. The molecule has 0 aromatic heterocycles. The predicted molar refractivity (Wildman–Crippen MR) is 31.7 cm³/mol. The molecule has 0 aliphatic rings. The minimum absolute atomic E-state index is 0. The van der Waals surface area contributed by atoms with Crippen LogP contribution in [0.5, 0.6) is 0 Å². The van der Waals surface area contributed by atoms with Gasteiger partial charge in [-0.15, -0.1) is 0 Å². The standard InChI is InChI=1S/C3H5Br.Mg.2H/c1-2-3-4;;;/h2-3H,1H3;;;/q;+2;2*-1. The molecule has 0 aromatic rings. The molecule has 0 N–H and O–H groups in total. The normalized spacial score (nSPS) is 7.60. The summed E-state index contributed by atoms with van der Waals surface area (Å²) in [4.78, 5) is 1.81. The van der Waals surface area contributed by atoms with E-state index < -0.39 is 0 Å². The molecule has 0 amide bonds. The summed E-state index contributed by atoms with van der Waals surface area (Å²) in [6.07, 6.45) is 1.92. The second-order valence-corrected chi connectivity index (χ2v) is 0.988. The molecule has 0 aliphatic carbocycles. The fourth-order valence-corrected chi connectivity index (χ4v) is 0. The predicted octanol–water partition coefficient (Wildman–Crippen LogP) is 1.76. The summed E-state index contributed by atoms with van der Waals surface area (Å²) >= 11 is 3.07. The molecule has 0 aromatic carbocycles. The van der Waals surface area contributed by atoms with Crippen LogP contribution in [-0.2, 0) is 0 Å². The Morgan fingerprint density at radius 1 is 1.80 bits per heavy atom. The summed E-state index contributed by atoms with van der Waals surface area (Å²) in [5.41, 5.74) is 0. The van der Waals surface area contributed by atoms with Crippen LogP contribution in [0.25, 0.3) is 0 Å². The van der Waals surface area contributed by atoms with E-state index in [4.69, 9.17) is 0 Å². The fourth-order valence-electron chi connectivity index (χ4n) is 0. The molecule has 0 nitrogen and oxygen atoms in total. The van der Waals surface area contributed by atoms with E-state index in [9.17, 15) is 0 Å². The number of hydrogen-bond acceptors (Lipinski definition) is 0. The van der Waals surface area contributed by atoms with Crippen molar-refractivity contribution in [1.82, 2.24) is 0 Å². The van der Waals surface area contributed by atoms with Crippen LogP contribution in [0, 0.1) is 0 Å². The first-order valence-corrected chi connectivity index (χ1v) is 2.04. The van der Waals surface area contributed by atoms with Crippen molar-refractivity contribution in [2.24, 2.45) is 0 Å². The van der Waals surface area contributed by atoms with Gasteiger partial charge in [-0.2, -0.15) is 0 Å². The maximum absolute atomic E-state index is 3.07. The van der Waals surface area contributed by atoms with Gasteiger partial charge >= 0.3 is 23.1 Å². The SMILES string of the molecule is CC=CBr.[H-].[H-].[Mg+2]. The minimum atomic E-state index is 0. The van der Waals surface area contributed by atoms with Gasteiger partial charge in [0.15, 0.2) is 0 Å². The number of halogens is 1. The molecular formula is C3H7BrMg. The maximum atomic E-state index is 3.07. The van der Waals surface area contributed by atoms with Crippen molar-refractivity contribution < 1.29 is 2.85 Å². The van der Waals surface area contributed by atoms with Crippen molar-refractivity contribution in [1.29, 1.82) is 0 Å². The van der Waals surface area contributed by atoms with E-state index in [0.29, 0.717) is 0 Å². The Bertz CT molecular complexity index is 28.1. The Kier molecular flexibility index (Phi) is 16.6. The molecule has 0 saturated carbocycles. The third kappa shape index (κ3) is 11.3. The molecule has 28 valence electrons. The Labute approximate surface area is 59.9 Å². The van der Waals surface area contributed by atoms with Gasteiger partial charge < -0.3 is 2.85 Å². The summed E-state index contributed by atoms with van der Waals surface area (Å²) in [5.74, 6) is 0. The first kappa shape index (κ1) is 9.37. The van der Waals surface area contributed by atoms with Gasteiger partial charge in [0.1, 0.15) is 0 Å². The Morgan fingerprint density at radius 3 is 2.00 bits per heavy atom. The smallest absolute Gasteiger partial charge is 1.00 e. The summed E-state index contributed by atoms with van der Waals surface area (Å²) in [5, 5.41) is 0. The van der Waals surface area contributed by atoms with Crippen LogP contribution in [-0.4, -0.2) is 23.1 Å². The largest absolute Gasteiger partial charge is 2.00 e. The van der Waals surface area contributed by atoms with Crippen LogP contribution in [0.4, 0.5) is 0 Å². The van der Waals surface area contributed by atoms with Gasteiger partial charge in [-0.3, -0.25) is 0 Å².